The second kappa shape index (κ2) is 4.13. The van der Waals surface area contributed by atoms with Crippen LogP contribution in [0.15, 0.2) is 30.5 Å². The molecule has 0 aromatic carbocycles. The Hall–Kier alpha value is -1.19. The lowest BCUT2D eigenvalue weighted by Gasteiger charge is -1.95. The fourth-order valence-electron chi connectivity index (χ4n) is 1.19. The van der Waals surface area contributed by atoms with Gasteiger partial charge in [0.05, 0.1) is 20.5 Å². The van der Waals surface area contributed by atoms with Crippen LogP contribution in [0.4, 0.5) is 0 Å². The van der Waals surface area contributed by atoms with Gasteiger partial charge in [0, 0.05) is 6.20 Å². The van der Waals surface area contributed by atoms with E-state index >= 15 is 0 Å². The van der Waals surface area contributed by atoms with Gasteiger partial charge in [-0.2, -0.15) is 0 Å². The first-order chi connectivity index (χ1) is 7.16. The minimum Gasteiger partial charge on any atom is -0.294 e. The molecule has 2 rings (SSSR count). The van der Waals surface area contributed by atoms with E-state index in [2.05, 4.69) is 4.98 Å². The summed E-state index contributed by atoms with van der Waals surface area (Å²) in [6, 6.07) is 7.35. The van der Waals surface area contributed by atoms with Gasteiger partial charge in [-0.1, -0.05) is 11.6 Å². The van der Waals surface area contributed by atoms with Crippen LogP contribution in [0.1, 0.15) is 16.6 Å². The summed E-state index contributed by atoms with van der Waals surface area (Å²) in [4.78, 5) is 17.0. The van der Waals surface area contributed by atoms with Crippen LogP contribution < -0.4 is 0 Å². The largest absolute Gasteiger partial charge is 0.294 e. The zero-order valence-corrected chi connectivity index (χ0v) is 9.60. The minimum atomic E-state index is 0.0835. The number of rotatable bonds is 2. The van der Waals surface area contributed by atoms with E-state index in [4.69, 9.17) is 11.6 Å². The molecule has 2 aromatic heterocycles. The van der Waals surface area contributed by atoms with Gasteiger partial charge < -0.3 is 0 Å². The smallest absolute Gasteiger partial charge is 0.169 e. The summed E-state index contributed by atoms with van der Waals surface area (Å²) in [6.45, 7) is 1.56. The molecule has 0 bridgehead atoms. The maximum absolute atomic E-state index is 11.1. The molecule has 0 saturated carbocycles. The quantitative estimate of drug-likeness (QED) is 0.746. The highest BCUT2D eigenvalue weighted by atomic mass is 35.5. The maximum atomic E-state index is 11.1. The number of aromatic nitrogens is 1. The van der Waals surface area contributed by atoms with E-state index in [9.17, 15) is 4.79 Å². The van der Waals surface area contributed by atoms with E-state index in [1.54, 1.807) is 19.2 Å². The number of thiophene rings is 1. The molecule has 0 aliphatic rings. The Morgan fingerprint density at radius 1 is 1.33 bits per heavy atom. The Balaban J connectivity index is 2.37. The average Bonchev–Trinajstić information content (AvgIpc) is 2.68. The van der Waals surface area contributed by atoms with Crippen LogP contribution in [0.5, 0.6) is 0 Å². The molecule has 0 unspecified atom stereocenters. The molecule has 0 amide bonds. The number of nitrogens with zero attached hydrogens (tertiary/aromatic N) is 1. The Bertz CT molecular complexity index is 490. The Morgan fingerprint density at radius 3 is 2.67 bits per heavy atom. The van der Waals surface area contributed by atoms with Crippen molar-refractivity contribution in [2.24, 2.45) is 0 Å². The number of pyridine rings is 1. The Labute approximate surface area is 96.5 Å². The number of ketones is 1. The van der Waals surface area contributed by atoms with Crippen LogP contribution in [0.3, 0.4) is 0 Å². The van der Waals surface area contributed by atoms with Crippen LogP contribution in [0.2, 0.25) is 5.02 Å². The van der Waals surface area contributed by atoms with Gasteiger partial charge in [0.25, 0.3) is 0 Å². The Morgan fingerprint density at radius 2 is 2.13 bits per heavy atom. The van der Waals surface area contributed by atoms with Crippen molar-refractivity contribution in [3.63, 3.8) is 0 Å². The van der Waals surface area contributed by atoms with E-state index in [-0.39, 0.29) is 5.78 Å². The maximum Gasteiger partial charge on any atom is 0.169 e. The molecule has 0 N–H and O–H groups in total. The molecule has 0 saturated heterocycles. The van der Waals surface area contributed by atoms with Crippen molar-refractivity contribution in [2.45, 2.75) is 6.92 Å². The number of Topliss-reactive ketones (excluding diaryl/α,β-unsaturated/α-hetero) is 1. The fraction of sp³-hybridized carbons (Fsp3) is 0.0909. The molecule has 0 spiro atoms. The molecular formula is C11H8ClNOS. The minimum absolute atomic E-state index is 0.0835. The molecular weight excluding hydrogens is 230 g/mol. The molecule has 0 aliphatic carbocycles. The van der Waals surface area contributed by atoms with Crippen molar-refractivity contribution in [3.05, 3.63) is 40.4 Å². The number of halogens is 1. The molecule has 2 aromatic rings. The second-order valence-corrected chi connectivity index (χ2v) is 4.60. The van der Waals surface area contributed by atoms with Crippen LogP contribution in [0, 0.1) is 0 Å². The fourth-order valence-corrected chi connectivity index (χ4v) is 2.18. The second-order valence-electron chi connectivity index (χ2n) is 3.08. The topological polar surface area (TPSA) is 30.0 Å². The summed E-state index contributed by atoms with van der Waals surface area (Å²) < 4.78 is 0. The summed E-state index contributed by atoms with van der Waals surface area (Å²) in [5.41, 5.74) is 0.844. The van der Waals surface area contributed by atoms with E-state index in [1.165, 1.54) is 11.3 Å². The van der Waals surface area contributed by atoms with E-state index < -0.39 is 0 Å². The lowest BCUT2D eigenvalue weighted by atomic mass is 10.3. The van der Waals surface area contributed by atoms with Crippen LogP contribution >= 0.6 is 22.9 Å². The van der Waals surface area contributed by atoms with Gasteiger partial charge in [0.1, 0.15) is 0 Å². The first-order valence-corrected chi connectivity index (χ1v) is 5.59. The average molecular weight is 238 g/mol. The van der Waals surface area contributed by atoms with Crippen LogP contribution in [-0.2, 0) is 0 Å². The summed E-state index contributed by atoms with van der Waals surface area (Å²) in [7, 11) is 0. The summed E-state index contributed by atoms with van der Waals surface area (Å²) >= 11 is 7.19. The van der Waals surface area contributed by atoms with Gasteiger partial charge in [-0.05, 0) is 31.2 Å². The lowest BCUT2D eigenvalue weighted by Crippen LogP contribution is -1.83. The summed E-state index contributed by atoms with van der Waals surface area (Å²) in [5.74, 6) is 0.0835. The summed E-state index contributed by atoms with van der Waals surface area (Å²) in [6.07, 6.45) is 1.60. The summed E-state index contributed by atoms with van der Waals surface area (Å²) in [5, 5.41) is 0.613. The molecule has 0 fully saturated rings. The highest BCUT2D eigenvalue weighted by Gasteiger charge is 2.06. The standard InChI is InChI=1S/C11H8ClNOS/c1-7(14)10-4-5-11(15-10)9-3-2-8(12)6-13-9/h2-6H,1H3. The van der Waals surface area contributed by atoms with Crippen molar-refractivity contribution < 1.29 is 4.79 Å². The van der Waals surface area contributed by atoms with Gasteiger partial charge in [-0.25, -0.2) is 0 Å². The monoisotopic (exact) mass is 237 g/mol. The molecule has 0 aliphatic heterocycles. The van der Waals surface area contributed by atoms with Gasteiger partial charge in [0.15, 0.2) is 5.78 Å². The predicted octanol–water partition coefficient (Wildman–Crippen LogP) is 3.67. The van der Waals surface area contributed by atoms with E-state index in [0.717, 1.165) is 15.4 Å². The van der Waals surface area contributed by atoms with Gasteiger partial charge in [-0.3, -0.25) is 9.78 Å². The van der Waals surface area contributed by atoms with Crippen molar-refractivity contribution in [2.75, 3.05) is 0 Å². The van der Waals surface area contributed by atoms with Crippen LogP contribution in [0.25, 0.3) is 10.6 Å². The number of hydrogen-bond donors (Lipinski definition) is 0. The highest BCUT2D eigenvalue weighted by Crippen LogP contribution is 2.27. The molecule has 76 valence electrons. The van der Waals surface area contributed by atoms with Gasteiger partial charge in [0.2, 0.25) is 0 Å². The van der Waals surface area contributed by atoms with Gasteiger partial charge in [-0.15, -0.1) is 11.3 Å². The molecule has 4 heteroatoms. The highest BCUT2D eigenvalue weighted by molar-refractivity contribution is 7.17. The molecule has 0 radical (unpaired) electrons. The van der Waals surface area contributed by atoms with Crippen molar-refractivity contribution in [3.8, 4) is 10.6 Å². The van der Waals surface area contributed by atoms with Crippen LogP contribution in [-0.4, -0.2) is 10.8 Å². The SMILES string of the molecule is CC(=O)c1ccc(-c2ccc(Cl)cn2)s1. The molecule has 0 atom stereocenters. The van der Waals surface area contributed by atoms with Gasteiger partial charge >= 0.3 is 0 Å². The predicted molar refractivity (Wildman–Crippen MR) is 62.6 cm³/mol. The molecule has 15 heavy (non-hydrogen) atoms. The third-order valence-corrected chi connectivity index (χ3v) is 3.36. The molecule has 2 heterocycles. The third kappa shape index (κ3) is 2.25. The van der Waals surface area contributed by atoms with Crippen molar-refractivity contribution >= 4 is 28.7 Å². The first kappa shape index (κ1) is 10.3. The molecule has 2 nitrogen and oxygen atoms in total. The lowest BCUT2D eigenvalue weighted by molar-refractivity contribution is 0.102. The van der Waals surface area contributed by atoms with E-state index in [1.807, 2.05) is 18.2 Å². The number of carbonyl (C=O) groups is 1. The third-order valence-electron chi connectivity index (χ3n) is 1.93. The zero-order valence-electron chi connectivity index (χ0n) is 8.03. The first-order valence-electron chi connectivity index (χ1n) is 4.39. The normalized spacial score (nSPS) is 10.3. The van der Waals surface area contributed by atoms with E-state index in [0.29, 0.717) is 5.02 Å². The van der Waals surface area contributed by atoms with Crippen molar-refractivity contribution in [1.82, 2.24) is 4.98 Å². The number of hydrogen-bond acceptors (Lipinski definition) is 3. The number of carbonyl (C=O) groups excluding carboxylic acids is 1. The Kier molecular flexibility index (Phi) is 2.84. The zero-order chi connectivity index (χ0) is 10.8. The van der Waals surface area contributed by atoms with Crippen molar-refractivity contribution in [1.29, 1.82) is 0 Å².